The zero-order valence-electron chi connectivity index (χ0n) is 6.07. The predicted molar refractivity (Wildman–Crippen MR) is 48.9 cm³/mol. The Balaban J connectivity index is 0.00000144. The van der Waals surface area contributed by atoms with Crippen LogP contribution in [0.25, 0.3) is 0 Å². The van der Waals surface area contributed by atoms with Gasteiger partial charge >= 0.3 is 116 Å². The quantitative estimate of drug-likeness (QED) is 0.551. The number of hydrogen-bond acceptors (Lipinski definition) is 2. The number of halogens is 1. The Morgan fingerprint density at radius 1 is 1.23 bits per heavy atom. The molecule has 1 aromatic carbocycles. The van der Waals surface area contributed by atoms with Crippen LogP contribution < -0.4 is 3.07 Å². The van der Waals surface area contributed by atoms with Crippen LogP contribution in [0.15, 0.2) is 29.2 Å². The van der Waals surface area contributed by atoms with E-state index in [1.807, 2.05) is 0 Å². The second-order valence-corrected chi connectivity index (χ2v) is 10.2. The van der Waals surface area contributed by atoms with Crippen molar-refractivity contribution in [2.45, 2.75) is 4.90 Å². The van der Waals surface area contributed by atoms with Crippen LogP contribution >= 0.6 is 8.25 Å². The van der Waals surface area contributed by atoms with E-state index in [-0.39, 0.29) is 34.5 Å². The van der Waals surface area contributed by atoms with E-state index in [0.29, 0.717) is 0 Å². The van der Waals surface area contributed by atoms with Gasteiger partial charge in [-0.15, -0.1) is 0 Å². The molecular weight excluding hydrogens is 411 g/mol. The van der Waals surface area contributed by atoms with Crippen LogP contribution in [0.4, 0.5) is 0 Å². The summed E-state index contributed by atoms with van der Waals surface area (Å²) < 4.78 is 30.8. The Morgan fingerprint density at radius 3 is 2.00 bits per heavy atom. The Morgan fingerprint density at radius 2 is 1.69 bits per heavy atom. The minimum atomic E-state index is -4.05. The van der Waals surface area contributed by atoms with Gasteiger partial charge in [0.15, 0.2) is 0 Å². The first-order valence-corrected chi connectivity index (χ1v) is 14.1. The molecule has 0 saturated carbocycles. The zero-order valence-corrected chi connectivity index (χ0v) is 13.1. The molecule has 0 unspecified atom stereocenters. The SMILES string of the molecule is O=S(=O)(O)c1cc[c]([Hg][Cl])cc1.[NaH]. The molecule has 0 atom stereocenters. The molecule has 1 aromatic rings. The summed E-state index contributed by atoms with van der Waals surface area (Å²) >= 11 is -1.43. The van der Waals surface area contributed by atoms with Gasteiger partial charge in [-0.25, -0.2) is 0 Å². The van der Waals surface area contributed by atoms with Gasteiger partial charge in [0, 0.05) is 0 Å². The second kappa shape index (κ2) is 6.05. The van der Waals surface area contributed by atoms with Crippen LogP contribution in [-0.4, -0.2) is 42.5 Å². The average Bonchev–Trinajstić information content (AvgIpc) is 2.03. The van der Waals surface area contributed by atoms with E-state index in [4.69, 9.17) is 12.8 Å². The summed E-state index contributed by atoms with van der Waals surface area (Å²) in [5.74, 6) is 0. The van der Waals surface area contributed by atoms with Gasteiger partial charge in [0.25, 0.3) is 0 Å². The third-order valence-electron chi connectivity index (χ3n) is 1.38. The molecule has 1 rings (SSSR count). The summed E-state index contributed by atoms with van der Waals surface area (Å²) in [7, 11) is 1.66. The van der Waals surface area contributed by atoms with Gasteiger partial charge in [-0.3, -0.25) is 0 Å². The normalized spacial score (nSPS) is 10.0. The van der Waals surface area contributed by atoms with Crippen molar-refractivity contribution < 1.29 is 36.3 Å². The molecule has 0 aliphatic heterocycles. The van der Waals surface area contributed by atoms with E-state index >= 15 is 0 Å². The molecule has 7 heteroatoms. The summed E-state index contributed by atoms with van der Waals surface area (Å²) in [6, 6.07) is 6.04. The number of benzene rings is 1. The van der Waals surface area contributed by atoms with Crippen molar-refractivity contribution >= 4 is 51.0 Å². The van der Waals surface area contributed by atoms with Crippen LogP contribution in [-0.2, 0) is 33.5 Å². The maximum atomic E-state index is 10.6. The van der Waals surface area contributed by atoms with Crippen molar-refractivity contribution in [3.8, 4) is 0 Å². The first-order valence-electron chi connectivity index (χ1n) is 3.16. The summed E-state index contributed by atoms with van der Waals surface area (Å²) in [4.78, 5) is -0.0789. The fourth-order valence-corrected chi connectivity index (χ4v) is 4.40. The van der Waals surface area contributed by atoms with Gasteiger partial charge < -0.3 is 0 Å². The Hall–Kier alpha value is 1.36. The van der Waals surface area contributed by atoms with Gasteiger partial charge in [-0.2, -0.15) is 0 Å². The van der Waals surface area contributed by atoms with E-state index in [0.717, 1.165) is 3.07 Å². The molecule has 13 heavy (non-hydrogen) atoms. The standard InChI is InChI=1S/C6H5O3S.ClH.Hg.Na.H/c7-10(8,9)6-4-2-1-3-5-6;;;;/h2-5H,(H,7,8,9);1H;;;/q;;+1;;/p-1. The summed E-state index contributed by atoms with van der Waals surface area (Å²) in [5, 5.41) is 0. The van der Waals surface area contributed by atoms with Crippen molar-refractivity contribution in [2.24, 2.45) is 0 Å². The van der Waals surface area contributed by atoms with E-state index in [9.17, 15) is 8.42 Å². The average molecular weight is 417 g/mol. The fourth-order valence-electron chi connectivity index (χ4n) is 0.751. The van der Waals surface area contributed by atoms with Gasteiger partial charge in [0.2, 0.25) is 0 Å². The van der Waals surface area contributed by atoms with Crippen LogP contribution in [0.2, 0.25) is 0 Å². The second-order valence-electron chi connectivity index (χ2n) is 2.25. The molecule has 0 bridgehead atoms. The maximum absolute atomic E-state index is 10.6. The molecular formula is C6H6ClHgNaO3S. The number of hydrogen-bond donors (Lipinski definition) is 1. The number of rotatable bonds is 2. The Kier molecular flexibility index (Phi) is 6.68. The van der Waals surface area contributed by atoms with E-state index in [1.165, 1.54) is 12.1 Å². The van der Waals surface area contributed by atoms with Crippen molar-refractivity contribution in [2.75, 3.05) is 0 Å². The molecule has 0 spiro atoms. The van der Waals surface area contributed by atoms with Crippen molar-refractivity contribution in [1.82, 2.24) is 0 Å². The molecule has 0 aliphatic rings. The first-order chi connectivity index (χ1) is 5.54. The molecule has 0 fully saturated rings. The van der Waals surface area contributed by atoms with Crippen molar-refractivity contribution in [1.29, 1.82) is 0 Å². The van der Waals surface area contributed by atoms with Gasteiger partial charge in [0.1, 0.15) is 0 Å². The summed E-state index contributed by atoms with van der Waals surface area (Å²) in [6.45, 7) is 0. The minimum absolute atomic E-state index is 0. The molecule has 64 valence electrons. The molecule has 0 radical (unpaired) electrons. The molecule has 1 N–H and O–H groups in total. The third kappa shape index (κ3) is 4.60. The first kappa shape index (κ1) is 14.4. The van der Waals surface area contributed by atoms with Gasteiger partial charge in [-0.1, -0.05) is 0 Å². The fraction of sp³-hybridized carbons (Fsp3) is 0. The van der Waals surface area contributed by atoms with Crippen molar-refractivity contribution in [3.63, 3.8) is 0 Å². The van der Waals surface area contributed by atoms with Crippen LogP contribution in [0, 0.1) is 0 Å². The molecule has 0 aromatic heterocycles. The van der Waals surface area contributed by atoms with E-state index in [1.54, 1.807) is 12.1 Å². The van der Waals surface area contributed by atoms with Crippen LogP contribution in [0.3, 0.4) is 0 Å². The third-order valence-corrected chi connectivity index (χ3v) is 7.98. The molecule has 3 nitrogen and oxygen atoms in total. The zero-order chi connectivity index (χ0) is 9.19. The van der Waals surface area contributed by atoms with Crippen molar-refractivity contribution in [3.05, 3.63) is 24.3 Å². The summed E-state index contributed by atoms with van der Waals surface area (Å²) in [5.41, 5.74) is 0. The van der Waals surface area contributed by atoms with E-state index in [2.05, 4.69) is 0 Å². The predicted octanol–water partition coefficient (Wildman–Crippen LogP) is 0.146. The molecule has 0 heterocycles. The van der Waals surface area contributed by atoms with Crippen LogP contribution in [0.5, 0.6) is 0 Å². The monoisotopic (exact) mass is 418 g/mol. The van der Waals surface area contributed by atoms with Gasteiger partial charge in [0.05, 0.1) is 0 Å². The topological polar surface area (TPSA) is 54.4 Å². The Labute approximate surface area is 115 Å². The molecule has 0 aliphatic carbocycles. The van der Waals surface area contributed by atoms with Crippen LogP contribution in [0.1, 0.15) is 0 Å². The molecule has 0 amide bonds. The summed E-state index contributed by atoms with van der Waals surface area (Å²) in [6.07, 6.45) is 0. The van der Waals surface area contributed by atoms with E-state index < -0.39 is 33.5 Å². The molecule has 0 saturated heterocycles. The van der Waals surface area contributed by atoms with Gasteiger partial charge in [-0.05, 0) is 0 Å². The Bertz CT molecular complexity index is 364.